The van der Waals surface area contributed by atoms with E-state index < -0.39 is 6.10 Å². The van der Waals surface area contributed by atoms with E-state index in [1.807, 2.05) is 24.3 Å². The average molecular weight is 216 g/mol. The molecule has 2 heterocycles. The molecule has 0 radical (unpaired) electrons. The second-order valence-electron chi connectivity index (χ2n) is 3.53. The highest BCUT2D eigenvalue weighted by molar-refractivity contribution is 6.02. The maximum Gasteiger partial charge on any atom is 0.231 e. The van der Waals surface area contributed by atoms with Crippen molar-refractivity contribution in [3.8, 4) is 17.6 Å². The molecule has 80 valence electrons. The molecule has 0 unspecified atom stereocenters. The minimum absolute atomic E-state index is 0.253. The van der Waals surface area contributed by atoms with Gasteiger partial charge in [-0.15, -0.1) is 0 Å². The van der Waals surface area contributed by atoms with Crippen molar-refractivity contribution in [2.75, 3.05) is 6.79 Å². The van der Waals surface area contributed by atoms with Gasteiger partial charge >= 0.3 is 0 Å². The van der Waals surface area contributed by atoms with E-state index in [0.29, 0.717) is 12.2 Å². The van der Waals surface area contributed by atoms with Crippen LogP contribution in [0.3, 0.4) is 0 Å². The molecule has 2 aliphatic rings. The quantitative estimate of drug-likeness (QED) is 0.712. The van der Waals surface area contributed by atoms with E-state index >= 15 is 0 Å². The molecule has 2 aliphatic heterocycles. The van der Waals surface area contributed by atoms with Crippen molar-refractivity contribution in [3.05, 3.63) is 23.8 Å². The van der Waals surface area contributed by atoms with Crippen LogP contribution in [0.4, 0.5) is 0 Å². The fourth-order valence-electron chi connectivity index (χ4n) is 1.69. The SMILES string of the molecule is N#C[C@H]1CC(c2ccc3c(c2)OCO3)=NO1. The summed E-state index contributed by atoms with van der Waals surface area (Å²) in [6.07, 6.45) is 0.0382. The molecular weight excluding hydrogens is 208 g/mol. The van der Waals surface area contributed by atoms with Crippen LogP contribution >= 0.6 is 0 Å². The van der Waals surface area contributed by atoms with Crippen molar-refractivity contribution in [2.24, 2.45) is 5.16 Å². The highest BCUT2D eigenvalue weighted by Crippen LogP contribution is 2.33. The molecule has 0 N–H and O–H groups in total. The molecule has 0 saturated carbocycles. The topological polar surface area (TPSA) is 63.8 Å². The van der Waals surface area contributed by atoms with Crippen LogP contribution < -0.4 is 9.47 Å². The van der Waals surface area contributed by atoms with E-state index in [1.54, 1.807) is 0 Å². The predicted octanol–water partition coefficient (Wildman–Crippen LogP) is 1.43. The van der Waals surface area contributed by atoms with Gasteiger partial charge < -0.3 is 14.3 Å². The van der Waals surface area contributed by atoms with Crippen LogP contribution in [0.15, 0.2) is 23.4 Å². The highest BCUT2D eigenvalue weighted by Gasteiger charge is 2.23. The number of nitriles is 1. The molecule has 0 bridgehead atoms. The number of nitrogens with zero attached hydrogens (tertiary/aromatic N) is 2. The van der Waals surface area contributed by atoms with Crippen LogP contribution in [0.5, 0.6) is 11.5 Å². The Bertz CT molecular complexity index is 504. The fourth-order valence-corrected chi connectivity index (χ4v) is 1.69. The summed E-state index contributed by atoms with van der Waals surface area (Å²) in [4.78, 5) is 4.94. The zero-order valence-electron chi connectivity index (χ0n) is 8.34. The van der Waals surface area contributed by atoms with Crippen molar-refractivity contribution in [2.45, 2.75) is 12.5 Å². The van der Waals surface area contributed by atoms with Crippen molar-refractivity contribution >= 4 is 5.71 Å². The summed E-state index contributed by atoms with van der Waals surface area (Å²) < 4.78 is 10.5. The number of rotatable bonds is 1. The largest absolute Gasteiger partial charge is 0.454 e. The zero-order chi connectivity index (χ0) is 11.0. The lowest BCUT2D eigenvalue weighted by atomic mass is 10.1. The van der Waals surface area contributed by atoms with Gasteiger partial charge in [0.2, 0.25) is 12.9 Å². The van der Waals surface area contributed by atoms with Crippen LogP contribution in [0.25, 0.3) is 0 Å². The number of oxime groups is 1. The summed E-state index contributed by atoms with van der Waals surface area (Å²) in [6.45, 7) is 0.253. The van der Waals surface area contributed by atoms with E-state index in [4.69, 9.17) is 19.6 Å². The van der Waals surface area contributed by atoms with Gasteiger partial charge in [0, 0.05) is 12.0 Å². The van der Waals surface area contributed by atoms with Crippen molar-refractivity contribution in [1.82, 2.24) is 0 Å². The van der Waals surface area contributed by atoms with Crippen molar-refractivity contribution in [3.63, 3.8) is 0 Å². The summed E-state index contributed by atoms with van der Waals surface area (Å²) in [5.74, 6) is 1.45. The van der Waals surface area contributed by atoms with Gasteiger partial charge in [0.25, 0.3) is 0 Å². The van der Waals surface area contributed by atoms with E-state index in [9.17, 15) is 0 Å². The Balaban J connectivity index is 1.89. The molecular formula is C11H8N2O3. The first-order chi connectivity index (χ1) is 7.86. The monoisotopic (exact) mass is 216 g/mol. The molecule has 16 heavy (non-hydrogen) atoms. The number of fused-ring (bicyclic) bond motifs is 1. The second kappa shape index (κ2) is 3.42. The highest BCUT2D eigenvalue weighted by atomic mass is 16.7. The molecule has 0 aliphatic carbocycles. The Morgan fingerprint density at radius 2 is 2.19 bits per heavy atom. The predicted molar refractivity (Wildman–Crippen MR) is 54.2 cm³/mol. The van der Waals surface area contributed by atoms with Crippen molar-refractivity contribution in [1.29, 1.82) is 5.26 Å². The minimum atomic E-state index is -0.472. The third-order valence-corrected chi connectivity index (χ3v) is 2.52. The summed E-state index contributed by atoms with van der Waals surface area (Å²) in [7, 11) is 0. The molecule has 1 aromatic rings. The van der Waals surface area contributed by atoms with E-state index in [2.05, 4.69) is 5.16 Å². The van der Waals surface area contributed by atoms with Gasteiger partial charge in [0.15, 0.2) is 11.5 Å². The Kier molecular flexibility index (Phi) is 1.93. The molecule has 0 amide bonds. The maximum absolute atomic E-state index is 8.69. The van der Waals surface area contributed by atoms with Gasteiger partial charge in [-0.1, -0.05) is 5.16 Å². The molecule has 0 saturated heterocycles. The normalized spacial score (nSPS) is 21.2. The van der Waals surface area contributed by atoms with Crippen LogP contribution in [0, 0.1) is 11.3 Å². The average Bonchev–Trinajstić information content (AvgIpc) is 2.96. The van der Waals surface area contributed by atoms with Gasteiger partial charge in [-0.05, 0) is 18.2 Å². The minimum Gasteiger partial charge on any atom is -0.454 e. The Morgan fingerprint density at radius 3 is 3.00 bits per heavy atom. The summed E-state index contributed by atoms with van der Waals surface area (Å²) in [5, 5.41) is 12.6. The van der Waals surface area contributed by atoms with Crippen LogP contribution in [-0.2, 0) is 4.84 Å². The van der Waals surface area contributed by atoms with Gasteiger partial charge in [0.1, 0.15) is 6.07 Å². The van der Waals surface area contributed by atoms with E-state index in [0.717, 1.165) is 17.0 Å². The molecule has 0 spiro atoms. The smallest absolute Gasteiger partial charge is 0.231 e. The molecule has 0 fully saturated rings. The first-order valence-electron chi connectivity index (χ1n) is 4.89. The second-order valence-corrected chi connectivity index (χ2v) is 3.53. The van der Waals surface area contributed by atoms with Crippen LogP contribution in [0.2, 0.25) is 0 Å². The molecule has 1 aromatic carbocycles. The van der Waals surface area contributed by atoms with Gasteiger partial charge in [-0.25, -0.2) is 0 Å². The first-order valence-corrected chi connectivity index (χ1v) is 4.89. The zero-order valence-corrected chi connectivity index (χ0v) is 8.34. The lowest BCUT2D eigenvalue weighted by Gasteiger charge is -2.00. The van der Waals surface area contributed by atoms with Crippen LogP contribution in [-0.4, -0.2) is 18.6 Å². The first kappa shape index (κ1) is 9.04. The molecule has 0 aromatic heterocycles. The number of benzene rings is 1. The van der Waals surface area contributed by atoms with Gasteiger partial charge in [-0.2, -0.15) is 5.26 Å². The lowest BCUT2D eigenvalue weighted by molar-refractivity contribution is 0.125. The standard InChI is InChI=1S/C11H8N2O3/c12-5-8-4-9(13-16-8)7-1-2-10-11(3-7)15-6-14-10/h1-3,8H,4,6H2/t8-/m1/s1. The lowest BCUT2D eigenvalue weighted by Crippen LogP contribution is -2.05. The van der Waals surface area contributed by atoms with Gasteiger partial charge in [0.05, 0.1) is 5.71 Å². The molecule has 3 rings (SSSR count). The molecule has 5 heteroatoms. The summed E-state index contributed by atoms with van der Waals surface area (Å²) in [6, 6.07) is 7.59. The Hall–Kier alpha value is -2.22. The third-order valence-electron chi connectivity index (χ3n) is 2.52. The number of hydrogen-bond acceptors (Lipinski definition) is 5. The Labute approximate surface area is 91.8 Å². The number of hydrogen-bond donors (Lipinski definition) is 0. The van der Waals surface area contributed by atoms with Crippen LogP contribution in [0.1, 0.15) is 12.0 Å². The maximum atomic E-state index is 8.69. The summed E-state index contributed by atoms with van der Waals surface area (Å²) in [5.41, 5.74) is 1.67. The van der Waals surface area contributed by atoms with Crippen molar-refractivity contribution < 1.29 is 14.3 Å². The van der Waals surface area contributed by atoms with E-state index in [1.165, 1.54) is 0 Å². The van der Waals surface area contributed by atoms with E-state index in [-0.39, 0.29) is 6.79 Å². The summed E-state index contributed by atoms with van der Waals surface area (Å²) >= 11 is 0. The Morgan fingerprint density at radius 1 is 1.31 bits per heavy atom. The molecule has 5 nitrogen and oxygen atoms in total. The third kappa shape index (κ3) is 1.36. The number of ether oxygens (including phenoxy) is 2. The fraction of sp³-hybridized carbons (Fsp3) is 0.273. The van der Waals surface area contributed by atoms with Gasteiger partial charge in [-0.3, -0.25) is 0 Å². The molecule has 1 atom stereocenters.